The monoisotopic (exact) mass is 460 g/mol. The summed E-state index contributed by atoms with van der Waals surface area (Å²) in [6.45, 7) is 17.0. The number of nitrogens with one attached hydrogen (secondary N) is 1. The highest BCUT2D eigenvalue weighted by molar-refractivity contribution is 9.10. The molecule has 0 aliphatic heterocycles. The second-order valence-corrected chi connectivity index (χ2v) is 14.8. The molecule has 1 amide bonds. The van der Waals surface area contributed by atoms with Crippen LogP contribution in [0.25, 0.3) is 0 Å². The summed E-state index contributed by atoms with van der Waals surface area (Å²) in [5.41, 5.74) is -0.565. The van der Waals surface area contributed by atoms with Crippen molar-refractivity contribution in [1.29, 1.82) is 0 Å². The fourth-order valence-electron chi connectivity index (χ4n) is 1.80. The summed E-state index contributed by atoms with van der Waals surface area (Å²) in [6.07, 6.45) is 2.83. The van der Waals surface area contributed by atoms with Crippen LogP contribution in [0.15, 0.2) is 22.9 Å². The van der Waals surface area contributed by atoms with Gasteiger partial charge in [-0.25, -0.2) is 4.79 Å². The standard InChI is InChI=1S/C19H33BrN2O4Si/c1-18(2,3)26-17(23)22-15(13-25-27(7,8)19(4,5)6)12-24-16-9-14(20)10-21-11-16/h9-11,15H,12-13H2,1-8H3,(H,22,23)/t15-/m1/s1. The lowest BCUT2D eigenvalue weighted by molar-refractivity contribution is 0.0461. The Morgan fingerprint density at radius 3 is 2.33 bits per heavy atom. The van der Waals surface area contributed by atoms with Gasteiger partial charge in [-0.05, 0) is 60.9 Å². The number of halogens is 1. The normalized spacial score (nSPS) is 13.8. The van der Waals surface area contributed by atoms with E-state index in [1.165, 1.54) is 0 Å². The molecule has 0 radical (unpaired) electrons. The number of hydrogen-bond donors (Lipinski definition) is 1. The minimum absolute atomic E-state index is 0.0819. The van der Waals surface area contributed by atoms with Crippen LogP contribution in [0.1, 0.15) is 41.5 Å². The maximum atomic E-state index is 12.2. The maximum Gasteiger partial charge on any atom is 0.408 e. The highest BCUT2D eigenvalue weighted by atomic mass is 79.9. The highest BCUT2D eigenvalue weighted by Crippen LogP contribution is 2.36. The second kappa shape index (κ2) is 9.38. The van der Waals surface area contributed by atoms with E-state index in [1.807, 2.05) is 26.8 Å². The van der Waals surface area contributed by atoms with Crippen molar-refractivity contribution in [2.75, 3.05) is 13.2 Å². The van der Waals surface area contributed by atoms with Gasteiger partial charge in [0.05, 0.1) is 18.8 Å². The van der Waals surface area contributed by atoms with Gasteiger partial charge in [0.1, 0.15) is 18.0 Å². The van der Waals surface area contributed by atoms with Crippen molar-refractivity contribution in [3.05, 3.63) is 22.9 Å². The van der Waals surface area contributed by atoms with Crippen LogP contribution < -0.4 is 10.1 Å². The molecule has 0 unspecified atom stereocenters. The maximum absolute atomic E-state index is 12.2. The Hall–Kier alpha value is -1.12. The van der Waals surface area contributed by atoms with Gasteiger partial charge in [0.25, 0.3) is 0 Å². The van der Waals surface area contributed by atoms with E-state index in [2.05, 4.69) is 60.1 Å². The molecule has 1 N–H and O–H groups in total. The van der Waals surface area contributed by atoms with Crippen molar-refractivity contribution >= 4 is 30.3 Å². The molecule has 0 bridgehead atoms. The van der Waals surface area contributed by atoms with E-state index in [1.54, 1.807) is 12.4 Å². The van der Waals surface area contributed by atoms with Crippen LogP contribution in [0.4, 0.5) is 4.79 Å². The SMILES string of the molecule is CC(C)(C)OC(=O)N[C@H](COc1cncc(Br)c1)CO[Si](C)(C)C(C)(C)C. The number of carbonyl (C=O) groups is 1. The Labute approximate surface area is 172 Å². The number of alkyl carbamates (subject to hydrolysis) is 1. The van der Waals surface area contributed by atoms with Crippen LogP contribution in [0.3, 0.4) is 0 Å². The molecule has 1 atom stereocenters. The first-order chi connectivity index (χ1) is 12.2. The first kappa shape index (κ1) is 23.9. The third-order valence-electron chi connectivity index (χ3n) is 4.30. The summed E-state index contributed by atoms with van der Waals surface area (Å²) in [4.78, 5) is 16.3. The Morgan fingerprint density at radius 1 is 1.19 bits per heavy atom. The fraction of sp³-hybridized carbons (Fsp3) is 0.684. The molecule has 0 aliphatic rings. The Morgan fingerprint density at radius 2 is 1.81 bits per heavy atom. The lowest BCUT2D eigenvalue weighted by Crippen LogP contribution is -2.49. The third-order valence-corrected chi connectivity index (χ3v) is 9.24. The molecule has 0 fully saturated rings. The molecule has 0 aliphatic carbocycles. The van der Waals surface area contributed by atoms with E-state index in [0.717, 1.165) is 4.47 Å². The fourth-order valence-corrected chi connectivity index (χ4v) is 3.19. The van der Waals surface area contributed by atoms with Crippen LogP contribution in [0.5, 0.6) is 5.75 Å². The van der Waals surface area contributed by atoms with Crippen molar-refractivity contribution in [3.63, 3.8) is 0 Å². The number of hydrogen-bond acceptors (Lipinski definition) is 5. The summed E-state index contributed by atoms with van der Waals surface area (Å²) in [6, 6.07) is 1.49. The third kappa shape index (κ3) is 9.07. The second-order valence-electron chi connectivity index (χ2n) is 9.06. The van der Waals surface area contributed by atoms with E-state index in [0.29, 0.717) is 12.4 Å². The van der Waals surface area contributed by atoms with Crippen molar-refractivity contribution in [3.8, 4) is 5.75 Å². The van der Waals surface area contributed by atoms with E-state index in [-0.39, 0.29) is 17.7 Å². The zero-order valence-electron chi connectivity index (χ0n) is 17.7. The van der Waals surface area contributed by atoms with Crippen LogP contribution in [-0.2, 0) is 9.16 Å². The zero-order valence-corrected chi connectivity index (χ0v) is 20.3. The van der Waals surface area contributed by atoms with Gasteiger partial charge in [-0.15, -0.1) is 0 Å². The quantitative estimate of drug-likeness (QED) is 0.570. The zero-order chi connectivity index (χ0) is 20.9. The molecule has 8 heteroatoms. The van der Waals surface area contributed by atoms with E-state index < -0.39 is 20.0 Å². The van der Waals surface area contributed by atoms with Gasteiger partial charge in [-0.1, -0.05) is 20.8 Å². The van der Waals surface area contributed by atoms with Gasteiger partial charge in [-0.2, -0.15) is 0 Å². The highest BCUT2D eigenvalue weighted by Gasteiger charge is 2.37. The minimum Gasteiger partial charge on any atom is -0.490 e. The van der Waals surface area contributed by atoms with Crippen LogP contribution in [0.2, 0.25) is 18.1 Å². The van der Waals surface area contributed by atoms with Gasteiger partial charge in [0, 0.05) is 10.7 Å². The average molecular weight is 461 g/mol. The van der Waals surface area contributed by atoms with Gasteiger partial charge in [0.2, 0.25) is 0 Å². The van der Waals surface area contributed by atoms with E-state index in [9.17, 15) is 4.79 Å². The molecule has 0 spiro atoms. The van der Waals surface area contributed by atoms with Crippen molar-refractivity contribution < 1.29 is 18.7 Å². The minimum atomic E-state index is -1.95. The molecule has 1 heterocycles. The lowest BCUT2D eigenvalue weighted by atomic mass is 10.2. The predicted octanol–water partition coefficient (Wildman–Crippen LogP) is 5.14. The molecule has 1 rings (SSSR count). The predicted molar refractivity (Wildman–Crippen MR) is 114 cm³/mol. The smallest absolute Gasteiger partial charge is 0.408 e. The summed E-state index contributed by atoms with van der Waals surface area (Å²) < 4.78 is 18.3. The van der Waals surface area contributed by atoms with Gasteiger partial charge >= 0.3 is 6.09 Å². The Kier molecular flexibility index (Phi) is 8.31. The van der Waals surface area contributed by atoms with E-state index in [4.69, 9.17) is 13.9 Å². The van der Waals surface area contributed by atoms with E-state index >= 15 is 0 Å². The summed E-state index contributed by atoms with van der Waals surface area (Å²) >= 11 is 3.37. The molecule has 154 valence electrons. The topological polar surface area (TPSA) is 69.7 Å². The first-order valence-electron chi connectivity index (χ1n) is 9.06. The van der Waals surface area contributed by atoms with Crippen LogP contribution >= 0.6 is 15.9 Å². The number of amides is 1. The molecular formula is C19H33BrN2O4Si. The largest absolute Gasteiger partial charge is 0.490 e. The number of pyridine rings is 1. The van der Waals surface area contributed by atoms with Gasteiger partial charge < -0.3 is 19.2 Å². The summed E-state index contributed by atoms with van der Waals surface area (Å²) in [5, 5.41) is 2.94. The molecular weight excluding hydrogens is 428 g/mol. The Bertz CT molecular complexity index is 627. The van der Waals surface area contributed by atoms with Crippen LogP contribution in [-0.4, -0.2) is 44.3 Å². The molecule has 1 aromatic heterocycles. The molecule has 0 saturated carbocycles. The number of carbonyl (C=O) groups excluding carboxylic acids is 1. The summed E-state index contributed by atoms with van der Waals surface area (Å²) in [5.74, 6) is 0.618. The van der Waals surface area contributed by atoms with Crippen molar-refractivity contribution in [2.45, 2.75) is 71.3 Å². The van der Waals surface area contributed by atoms with Crippen LogP contribution in [0, 0.1) is 0 Å². The molecule has 6 nitrogen and oxygen atoms in total. The van der Waals surface area contributed by atoms with Gasteiger partial charge in [-0.3, -0.25) is 4.98 Å². The molecule has 0 aromatic carbocycles. The van der Waals surface area contributed by atoms with Crippen molar-refractivity contribution in [2.24, 2.45) is 0 Å². The molecule has 27 heavy (non-hydrogen) atoms. The Balaban J connectivity index is 2.77. The van der Waals surface area contributed by atoms with Crippen molar-refractivity contribution in [1.82, 2.24) is 10.3 Å². The lowest BCUT2D eigenvalue weighted by Gasteiger charge is -2.37. The average Bonchev–Trinajstić information content (AvgIpc) is 2.47. The number of aromatic nitrogens is 1. The summed E-state index contributed by atoms with van der Waals surface area (Å²) in [7, 11) is -1.95. The molecule has 0 saturated heterocycles. The number of nitrogens with zero attached hydrogens (tertiary/aromatic N) is 1. The first-order valence-corrected chi connectivity index (χ1v) is 12.8. The molecule has 1 aromatic rings. The van der Waals surface area contributed by atoms with Gasteiger partial charge in [0.15, 0.2) is 8.32 Å². The number of ether oxygens (including phenoxy) is 2. The number of rotatable bonds is 7.